The van der Waals surface area contributed by atoms with E-state index < -0.39 is 6.10 Å². The largest absolute Gasteiger partial charge is 0.388 e. The van der Waals surface area contributed by atoms with Crippen molar-refractivity contribution in [2.75, 3.05) is 0 Å². The van der Waals surface area contributed by atoms with Gasteiger partial charge in [0.1, 0.15) is 0 Å². The molecule has 0 heterocycles. The molecule has 1 atom stereocenters. The number of aliphatic hydroxyl groups is 1. The van der Waals surface area contributed by atoms with Crippen molar-refractivity contribution in [1.29, 1.82) is 0 Å². The summed E-state index contributed by atoms with van der Waals surface area (Å²) in [4.78, 5) is 0. The number of hydrogen-bond donors (Lipinski definition) is 1. The molecule has 0 fully saturated rings. The highest BCUT2D eigenvalue weighted by Gasteiger charge is 2.12. The van der Waals surface area contributed by atoms with Crippen LogP contribution in [0.15, 0.2) is 18.2 Å². The summed E-state index contributed by atoms with van der Waals surface area (Å²) in [5, 5.41) is 10.6. The fraction of sp³-hybridized carbons (Fsp3) is 0.333. The molecule has 66 valence electrons. The van der Waals surface area contributed by atoms with Crippen molar-refractivity contribution < 1.29 is 5.11 Å². The predicted molar refractivity (Wildman–Crippen MR) is 51.7 cm³/mol. The summed E-state index contributed by atoms with van der Waals surface area (Å²) in [6, 6.07) is 5.21. The number of halogens is 2. The molecule has 1 N–H and O–H groups in total. The Morgan fingerprint density at radius 3 is 2.25 bits per heavy atom. The fourth-order valence-corrected chi connectivity index (χ4v) is 1.68. The van der Waals surface area contributed by atoms with Gasteiger partial charge in [-0.3, -0.25) is 0 Å². The average molecular weight is 205 g/mol. The van der Waals surface area contributed by atoms with E-state index in [0.717, 1.165) is 0 Å². The topological polar surface area (TPSA) is 20.2 Å². The third-order valence-electron chi connectivity index (χ3n) is 1.72. The molecule has 1 unspecified atom stereocenters. The van der Waals surface area contributed by atoms with Gasteiger partial charge in [-0.25, -0.2) is 0 Å². The normalized spacial score (nSPS) is 13.0. The van der Waals surface area contributed by atoms with Crippen LogP contribution in [0, 0.1) is 0 Å². The van der Waals surface area contributed by atoms with Crippen molar-refractivity contribution in [3.63, 3.8) is 0 Å². The van der Waals surface area contributed by atoms with Gasteiger partial charge < -0.3 is 5.11 Å². The van der Waals surface area contributed by atoms with Crippen molar-refractivity contribution >= 4 is 23.2 Å². The van der Waals surface area contributed by atoms with Crippen molar-refractivity contribution in [2.45, 2.75) is 19.4 Å². The van der Waals surface area contributed by atoms with Crippen LogP contribution in [0.5, 0.6) is 0 Å². The molecule has 12 heavy (non-hydrogen) atoms. The van der Waals surface area contributed by atoms with E-state index in [4.69, 9.17) is 23.2 Å². The molecule has 0 aliphatic heterocycles. The highest BCUT2D eigenvalue weighted by atomic mass is 35.5. The molecule has 1 nitrogen and oxygen atoms in total. The third kappa shape index (κ3) is 1.92. The SMILES string of the molecule is CCC(O)c1c(Cl)cccc1Cl. The van der Waals surface area contributed by atoms with E-state index in [2.05, 4.69) is 0 Å². The smallest absolute Gasteiger partial charge is 0.0816 e. The lowest BCUT2D eigenvalue weighted by molar-refractivity contribution is 0.174. The quantitative estimate of drug-likeness (QED) is 0.783. The molecule has 3 heteroatoms. The lowest BCUT2D eigenvalue weighted by Crippen LogP contribution is -1.96. The number of benzene rings is 1. The Morgan fingerprint density at radius 1 is 1.33 bits per heavy atom. The fourth-order valence-electron chi connectivity index (χ4n) is 1.03. The van der Waals surface area contributed by atoms with Gasteiger partial charge in [0.25, 0.3) is 0 Å². The zero-order chi connectivity index (χ0) is 9.14. The Bertz CT molecular complexity index is 253. The maximum absolute atomic E-state index is 9.52. The van der Waals surface area contributed by atoms with E-state index in [0.29, 0.717) is 22.0 Å². The number of hydrogen-bond acceptors (Lipinski definition) is 1. The minimum absolute atomic E-state index is 0.525. The summed E-state index contributed by atoms with van der Waals surface area (Å²) in [6.45, 7) is 1.88. The molecule has 0 saturated heterocycles. The third-order valence-corrected chi connectivity index (χ3v) is 2.38. The first-order chi connectivity index (χ1) is 5.66. The molecule has 0 amide bonds. The molecule has 1 rings (SSSR count). The van der Waals surface area contributed by atoms with Crippen molar-refractivity contribution in [3.8, 4) is 0 Å². The van der Waals surface area contributed by atoms with Crippen LogP contribution < -0.4 is 0 Å². The van der Waals surface area contributed by atoms with Gasteiger partial charge in [0.2, 0.25) is 0 Å². The molecule has 0 aliphatic carbocycles. The Kier molecular flexibility index (Phi) is 3.39. The van der Waals surface area contributed by atoms with Crippen LogP contribution in [0.3, 0.4) is 0 Å². The highest BCUT2D eigenvalue weighted by Crippen LogP contribution is 2.31. The second-order valence-electron chi connectivity index (χ2n) is 2.56. The first-order valence-electron chi connectivity index (χ1n) is 3.78. The Hall–Kier alpha value is -0.240. The molecular weight excluding hydrogens is 195 g/mol. The van der Waals surface area contributed by atoms with Gasteiger partial charge in [-0.1, -0.05) is 36.2 Å². The Labute approximate surface area is 81.9 Å². The standard InChI is InChI=1S/C9H10Cl2O/c1-2-8(12)9-6(10)4-3-5-7(9)11/h3-5,8,12H,2H2,1H3. The lowest BCUT2D eigenvalue weighted by Gasteiger charge is -2.11. The molecule has 1 aromatic rings. The van der Waals surface area contributed by atoms with Crippen molar-refractivity contribution in [2.24, 2.45) is 0 Å². The molecule has 0 bridgehead atoms. The van der Waals surface area contributed by atoms with E-state index in [9.17, 15) is 5.11 Å². The van der Waals surface area contributed by atoms with Crippen molar-refractivity contribution in [3.05, 3.63) is 33.8 Å². The van der Waals surface area contributed by atoms with Gasteiger partial charge >= 0.3 is 0 Å². The molecule has 0 spiro atoms. The molecule has 0 radical (unpaired) electrons. The van der Waals surface area contributed by atoms with Gasteiger partial charge in [0.15, 0.2) is 0 Å². The van der Waals surface area contributed by atoms with Gasteiger partial charge in [-0.15, -0.1) is 0 Å². The van der Waals surface area contributed by atoms with E-state index >= 15 is 0 Å². The first-order valence-corrected chi connectivity index (χ1v) is 4.54. The van der Waals surface area contributed by atoms with E-state index in [1.807, 2.05) is 6.92 Å². The number of aliphatic hydroxyl groups excluding tert-OH is 1. The molecule has 0 aliphatic rings. The molecule has 0 saturated carbocycles. The van der Waals surface area contributed by atoms with E-state index in [1.54, 1.807) is 18.2 Å². The molecule has 1 aromatic carbocycles. The van der Waals surface area contributed by atoms with Crippen LogP contribution >= 0.6 is 23.2 Å². The maximum atomic E-state index is 9.52. The van der Waals surface area contributed by atoms with Crippen LogP contribution in [-0.2, 0) is 0 Å². The highest BCUT2D eigenvalue weighted by molar-refractivity contribution is 6.36. The van der Waals surface area contributed by atoms with E-state index in [-0.39, 0.29) is 0 Å². The minimum Gasteiger partial charge on any atom is -0.388 e. The Morgan fingerprint density at radius 2 is 1.83 bits per heavy atom. The second-order valence-corrected chi connectivity index (χ2v) is 3.37. The summed E-state index contributed by atoms with van der Waals surface area (Å²) in [6.07, 6.45) is 0.0508. The lowest BCUT2D eigenvalue weighted by atomic mass is 10.1. The van der Waals surface area contributed by atoms with Gasteiger partial charge in [-0.05, 0) is 18.6 Å². The summed E-state index contributed by atoms with van der Waals surface area (Å²) in [5.41, 5.74) is 0.628. The zero-order valence-electron chi connectivity index (χ0n) is 6.72. The minimum atomic E-state index is -0.564. The summed E-state index contributed by atoms with van der Waals surface area (Å²) in [5.74, 6) is 0. The molecule has 0 aromatic heterocycles. The van der Waals surface area contributed by atoms with Gasteiger partial charge in [-0.2, -0.15) is 0 Å². The van der Waals surface area contributed by atoms with Crippen LogP contribution in [0.4, 0.5) is 0 Å². The summed E-state index contributed by atoms with van der Waals surface area (Å²) in [7, 11) is 0. The average Bonchev–Trinajstić information content (AvgIpc) is 2.03. The van der Waals surface area contributed by atoms with Gasteiger partial charge in [0.05, 0.1) is 6.10 Å². The van der Waals surface area contributed by atoms with Crippen molar-refractivity contribution in [1.82, 2.24) is 0 Å². The van der Waals surface area contributed by atoms with Crippen LogP contribution in [0.1, 0.15) is 25.0 Å². The Balaban J connectivity index is 3.12. The van der Waals surface area contributed by atoms with Gasteiger partial charge in [0, 0.05) is 15.6 Å². The predicted octanol–water partition coefficient (Wildman–Crippen LogP) is 3.44. The van der Waals surface area contributed by atoms with Crippen LogP contribution in [0.25, 0.3) is 0 Å². The van der Waals surface area contributed by atoms with Crippen LogP contribution in [-0.4, -0.2) is 5.11 Å². The first kappa shape index (κ1) is 9.85. The van der Waals surface area contributed by atoms with E-state index in [1.165, 1.54) is 0 Å². The number of rotatable bonds is 2. The summed E-state index contributed by atoms with van der Waals surface area (Å²) >= 11 is 11.7. The monoisotopic (exact) mass is 204 g/mol. The molecular formula is C9H10Cl2O. The van der Waals surface area contributed by atoms with Crippen LogP contribution in [0.2, 0.25) is 10.0 Å². The zero-order valence-corrected chi connectivity index (χ0v) is 8.23. The maximum Gasteiger partial charge on any atom is 0.0816 e. The second kappa shape index (κ2) is 4.13. The summed E-state index contributed by atoms with van der Waals surface area (Å²) < 4.78 is 0.